The molecule has 1 aromatic heterocycles. The summed E-state index contributed by atoms with van der Waals surface area (Å²) >= 11 is 0. The normalized spacial score (nSPS) is 11.5. The number of nitrogens with zero attached hydrogens (tertiary/aromatic N) is 3. The third-order valence-electron chi connectivity index (χ3n) is 2.12. The number of alkyl halides is 3. The molecule has 18 heavy (non-hydrogen) atoms. The zero-order valence-electron chi connectivity index (χ0n) is 8.68. The third-order valence-corrected chi connectivity index (χ3v) is 2.12. The van der Waals surface area contributed by atoms with E-state index in [1.165, 1.54) is 18.2 Å². The Balaban J connectivity index is 2.57. The Morgan fingerprint density at radius 1 is 1.44 bits per heavy atom. The first-order chi connectivity index (χ1) is 8.39. The van der Waals surface area contributed by atoms with E-state index in [0.29, 0.717) is 0 Å². The summed E-state index contributed by atoms with van der Waals surface area (Å²) in [5.74, 6) is 0. The van der Waals surface area contributed by atoms with Crippen molar-refractivity contribution in [2.24, 2.45) is 0 Å². The van der Waals surface area contributed by atoms with Crippen molar-refractivity contribution in [3.05, 3.63) is 52.3 Å². The molecule has 0 fully saturated rings. The predicted molar refractivity (Wildman–Crippen MR) is 54.1 cm³/mol. The lowest BCUT2D eigenvalue weighted by molar-refractivity contribution is -0.388. The van der Waals surface area contributed by atoms with Gasteiger partial charge in [0, 0.05) is 0 Å². The first-order valence-corrected chi connectivity index (χ1v) is 4.67. The molecule has 0 saturated heterocycles. The number of rotatable bonds is 2. The van der Waals surface area contributed by atoms with Gasteiger partial charge in [0.2, 0.25) is 5.69 Å². The van der Waals surface area contributed by atoms with E-state index >= 15 is 0 Å². The van der Waals surface area contributed by atoms with Gasteiger partial charge in [-0.05, 0) is 18.2 Å². The van der Waals surface area contributed by atoms with Crippen LogP contribution in [0.3, 0.4) is 0 Å². The number of hydrogen-bond acceptors (Lipinski definition) is 3. The summed E-state index contributed by atoms with van der Waals surface area (Å²) in [5, 5.41) is 13.8. The molecule has 0 saturated carbocycles. The molecule has 0 unspecified atom stereocenters. The Hall–Kier alpha value is -2.38. The van der Waals surface area contributed by atoms with Gasteiger partial charge in [-0.15, -0.1) is 0 Å². The van der Waals surface area contributed by atoms with Crippen molar-refractivity contribution >= 4 is 5.69 Å². The molecule has 1 radical (unpaired) electrons. The van der Waals surface area contributed by atoms with Crippen LogP contribution in [-0.4, -0.2) is 14.7 Å². The summed E-state index contributed by atoms with van der Waals surface area (Å²) in [4.78, 5) is 9.45. The average Bonchev–Trinajstić information content (AvgIpc) is 2.74. The topological polar surface area (TPSA) is 61.0 Å². The second-order valence-corrected chi connectivity index (χ2v) is 3.32. The lowest BCUT2D eigenvalue weighted by Gasteiger charge is -2.01. The Kier molecular flexibility index (Phi) is 2.77. The SMILES string of the molecule is O=[N+]([O-])c1cn(-c2c[c]ccc2)nc1C(F)(F)F. The molecule has 0 spiro atoms. The largest absolute Gasteiger partial charge is 0.442 e. The zero-order chi connectivity index (χ0) is 13.3. The highest BCUT2D eigenvalue weighted by Gasteiger charge is 2.42. The quantitative estimate of drug-likeness (QED) is 0.612. The van der Waals surface area contributed by atoms with Crippen LogP contribution in [0.1, 0.15) is 5.69 Å². The van der Waals surface area contributed by atoms with Crippen LogP contribution in [-0.2, 0) is 6.18 Å². The van der Waals surface area contributed by atoms with Crippen molar-refractivity contribution in [3.8, 4) is 5.69 Å². The third kappa shape index (κ3) is 2.17. The minimum atomic E-state index is -4.87. The molecule has 0 N–H and O–H groups in total. The van der Waals surface area contributed by atoms with Crippen LogP contribution in [0.5, 0.6) is 0 Å². The van der Waals surface area contributed by atoms with Gasteiger partial charge in [0.25, 0.3) is 0 Å². The molecule has 0 aliphatic rings. The van der Waals surface area contributed by atoms with Crippen molar-refractivity contribution in [3.63, 3.8) is 0 Å². The Morgan fingerprint density at radius 2 is 2.17 bits per heavy atom. The standard InChI is InChI=1S/C10H5F3N3O2/c11-10(12,13)9-8(16(17)18)6-15(14-9)7-4-2-1-3-5-7/h1-2,4-6H. The summed E-state index contributed by atoms with van der Waals surface area (Å²) in [5.41, 5.74) is -2.33. The molecule has 93 valence electrons. The van der Waals surface area contributed by atoms with E-state index in [0.717, 1.165) is 10.9 Å². The smallest absolute Gasteiger partial charge is 0.258 e. The van der Waals surface area contributed by atoms with E-state index in [4.69, 9.17) is 0 Å². The summed E-state index contributed by atoms with van der Waals surface area (Å²) in [6.45, 7) is 0. The van der Waals surface area contributed by atoms with E-state index in [9.17, 15) is 23.3 Å². The highest BCUT2D eigenvalue weighted by Crippen LogP contribution is 2.35. The molecular formula is C10H5F3N3O2. The van der Waals surface area contributed by atoms with E-state index < -0.39 is 22.5 Å². The molecule has 1 aromatic carbocycles. The van der Waals surface area contributed by atoms with Crippen LogP contribution in [0.4, 0.5) is 18.9 Å². The number of benzene rings is 1. The van der Waals surface area contributed by atoms with Crippen molar-refractivity contribution < 1.29 is 18.1 Å². The lowest BCUT2D eigenvalue weighted by Crippen LogP contribution is -2.09. The molecule has 0 aliphatic heterocycles. The van der Waals surface area contributed by atoms with Crippen LogP contribution in [0.25, 0.3) is 5.69 Å². The van der Waals surface area contributed by atoms with Gasteiger partial charge >= 0.3 is 11.9 Å². The first-order valence-electron chi connectivity index (χ1n) is 4.67. The fourth-order valence-corrected chi connectivity index (χ4v) is 1.36. The zero-order valence-corrected chi connectivity index (χ0v) is 8.68. The molecule has 1 heterocycles. The average molecular weight is 256 g/mol. The Bertz CT molecular complexity index is 578. The molecular weight excluding hydrogens is 251 g/mol. The van der Waals surface area contributed by atoms with Gasteiger partial charge in [0.05, 0.1) is 10.6 Å². The van der Waals surface area contributed by atoms with Crippen LogP contribution < -0.4 is 0 Å². The molecule has 2 aromatic rings. The van der Waals surface area contributed by atoms with Crippen molar-refractivity contribution in [1.82, 2.24) is 9.78 Å². The number of aromatic nitrogens is 2. The van der Waals surface area contributed by atoms with Crippen LogP contribution >= 0.6 is 0 Å². The monoisotopic (exact) mass is 256 g/mol. The lowest BCUT2D eigenvalue weighted by atomic mass is 10.3. The molecule has 2 rings (SSSR count). The van der Waals surface area contributed by atoms with Crippen molar-refractivity contribution in [1.29, 1.82) is 0 Å². The summed E-state index contributed by atoms with van der Waals surface area (Å²) in [6, 6.07) is 8.57. The van der Waals surface area contributed by atoms with Gasteiger partial charge in [-0.25, -0.2) is 4.68 Å². The fraction of sp³-hybridized carbons (Fsp3) is 0.100. The van der Waals surface area contributed by atoms with E-state index in [2.05, 4.69) is 11.2 Å². The van der Waals surface area contributed by atoms with Crippen molar-refractivity contribution in [2.75, 3.05) is 0 Å². The second-order valence-electron chi connectivity index (χ2n) is 3.32. The fourth-order valence-electron chi connectivity index (χ4n) is 1.36. The van der Waals surface area contributed by atoms with Crippen LogP contribution in [0, 0.1) is 16.2 Å². The minimum absolute atomic E-state index is 0.260. The molecule has 0 amide bonds. The second kappa shape index (κ2) is 4.13. The van der Waals surface area contributed by atoms with Gasteiger partial charge in [-0.3, -0.25) is 10.1 Å². The van der Waals surface area contributed by atoms with E-state index in [1.807, 2.05) is 0 Å². The predicted octanol–water partition coefficient (Wildman–Crippen LogP) is 2.60. The number of hydrogen-bond donors (Lipinski definition) is 0. The Morgan fingerprint density at radius 3 is 2.61 bits per heavy atom. The van der Waals surface area contributed by atoms with E-state index in [1.54, 1.807) is 6.07 Å². The molecule has 0 bridgehead atoms. The van der Waals surface area contributed by atoms with E-state index in [-0.39, 0.29) is 5.69 Å². The first kappa shape index (κ1) is 12.1. The molecule has 5 nitrogen and oxygen atoms in total. The van der Waals surface area contributed by atoms with Gasteiger partial charge < -0.3 is 0 Å². The highest BCUT2D eigenvalue weighted by molar-refractivity contribution is 5.40. The highest BCUT2D eigenvalue weighted by atomic mass is 19.4. The number of halogens is 3. The summed E-state index contributed by atoms with van der Waals surface area (Å²) in [6.07, 6.45) is -4.14. The maximum Gasteiger partial charge on any atom is 0.442 e. The molecule has 8 heteroatoms. The van der Waals surface area contributed by atoms with Crippen LogP contribution in [0.2, 0.25) is 0 Å². The summed E-state index contributed by atoms with van der Waals surface area (Å²) < 4.78 is 38.5. The van der Waals surface area contributed by atoms with Gasteiger partial charge in [0.15, 0.2) is 0 Å². The number of nitro groups is 1. The van der Waals surface area contributed by atoms with Gasteiger partial charge in [0.1, 0.15) is 6.20 Å². The van der Waals surface area contributed by atoms with Gasteiger partial charge in [-0.1, -0.05) is 12.1 Å². The van der Waals surface area contributed by atoms with Crippen molar-refractivity contribution in [2.45, 2.75) is 6.18 Å². The summed E-state index contributed by atoms with van der Waals surface area (Å²) in [7, 11) is 0. The maximum atomic E-state index is 12.5. The minimum Gasteiger partial charge on any atom is -0.258 e. The molecule has 0 aliphatic carbocycles. The van der Waals surface area contributed by atoms with Crippen LogP contribution in [0.15, 0.2) is 30.5 Å². The molecule has 0 atom stereocenters. The van der Waals surface area contributed by atoms with Gasteiger partial charge in [-0.2, -0.15) is 18.3 Å². The maximum absolute atomic E-state index is 12.5. The Labute approximate surface area is 98.6 Å².